The molecular formula is C22H18N4O4. The zero-order chi connectivity index (χ0) is 21.3. The van der Waals surface area contributed by atoms with E-state index in [0.717, 1.165) is 5.56 Å². The molecule has 3 aromatic rings. The van der Waals surface area contributed by atoms with E-state index in [1.165, 1.54) is 11.1 Å². The van der Waals surface area contributed by atoms with Crippen LogP contribution in [0.2, 0.25) is 0 Å². The summed E-state index contributed by atoms with van der Waals surface area (Å²) in [7, 11) is 1.64. The molecule has 150 valence electrons. The van der Waals surface area contributed by atoms with E-state index in [0.29, 0.717) is 34.5 Å². The summed E-state index contributed by atoms with van der Waals surface area (Å²) in [6.45, 7) is 0.464. The zero-order valence-electron chi connectivity index (χ0n) is 16.1. The average molecular weight is 402 g/mol. The lowest BCUT2D eigenvalue weighted by Crippen LogP contribution is -2.37. The fourth-order valence-corrected chi connectivity index (χ4v) is 3.30. The first-order chi connectivity index (χ1) is 14.4. The van der Waals surface area contributed by atoms with E-state index in [-0.39, 0.29) is 6.42 Å². The Kier molecular flexibility index (Phi) is 4.82. The fraction of sp³-hybridized carbons (Fsp3) is 0.182. The highest BCUT2D eigenvalue weighted by molar-refractivity contribution is 5.96. The molecule has 30 heavy (non-hydrogen) atoms. The molecule has 2 aromatic heterocycles. The van der Waals surface area contributed by atoms with Crippen molar-refractivity contribution >= 4 is 28.7 Å². The van der Waals surface area contributed by atoms with Crippen molar-refractivity contribution in [3.8, 4) is 23.1 Å². The SMILES string of the molecule is CN1CCC(O)(C#Cc2cccc(-c3ccc4nccc(NC(=O)O)c4n3)c2)C1=O. The van der Waals surface area contributed by atoms with E-state index < -0.39 is 17.6 Å². The maximum Gasteiger partial charge on any atom is 0.409 e. The van der Waals surface area contributed by atoms with Crippen LogP contribution in [0.15, 0.2) is 48.7 Å². The van der Waals surface area contributed by atoms with Crippen molar-refractivity contribution in [2.24, 2.45) is 0 Å². The number of rotatable bonds is 2. The van der Waals surface area contributed by atoms with E-state index in [4.69, 9.17) is 5.11 Å². The van der Waals surface area contributed by atoms with E-state index >= 15 is 0 Å². The number of nitrogens with one attached hydrogen (secondary N) is 1. The lowest BCUT2D eigenvalue weighted by molar-refractivity contribution is -0.137. The number of carbonyl (C=O) groups excluding carboxylic acids is 1. The molecule has 2 amide bonds. The lowest BCUT2D eigenvalue weighted by Gasteiger charge is -2.13. The summed E-state index contributed by atoms with van der Waals surface area (Å²) >= 11 is 0. The Morgan fingerprint density at radius 3 is 2.83 bits per heavy atom. The highest BCUT2D eigenvalue weighted by Gasteiger charge is 2.42. The highest BCUT2D eigenvalue weighted by atomic mass is 16.4. The number of likely N-dealkylation sites (N-methyl/N-ethyl adjacent to an activating group) is 1. The van der Waals surface area contributed by atoms with Gasteiger partial charge in [-0.15, -0.1) is 0 Å². The van der Waals surface area contributed by atoms with Gasteiger partial charge in [-0.25, -0.2) is 9.78 Å². The predicted octanol–water partition coefficient (Wildman–Crippen LogP) is 2.33. The summed E-state index contributed by atoms with van der Waals surface area (Å²) in [5.74, 6) is 5.19. The number of hydrogen-bond acceptors (Lipinski definition) is 5. The number of pyridine rings is 2. The molecule has 1 unspecified atom stereocenters. The molecule has 0 saturated carbocycles. The summed E-state index contributed by atoms with van der Waals surface area (Å²) in [5.41, 5.74) is 1.68. The Balaban J connectivity index is 1.69. The molecule has 1 fully saturated rings. The molecule has 0 radical (unpaired) electrons. The van der Waals surface area contributed by atoms with Crippen LogP contribution in [0.1, 0.15) is 12.0 Å². The molecule has 1 atom stereocenters. The number of carbonyl (C=O) groups is 2. The number of hydrogen-bond donors (Lipinski definition) is 3. The number of likely N-dealkylation sites (tertiary alicyclic amines) is 1. The normalized spacial score (nSPS) is 18.2. The van der Waals surface area contributed by atoms with Gasteiger partial charge in [0.25, 0.3) is 5.91 Å². The lowest BCUT2D eigenvalue weighted by atomic mass is 10.0. The molecule has 3 heterocycles. The number of amides is 2. The summed E-state index contributed by atoms with van der Waals surface area (Å²) in [4.78, 5) is 33.4. The zero-order valence-corrected chi connectivity index (χ0v) is 16.1. The minimum Gasteiger partial charge on any atom is -0.465 e. The van der Waals surface area contributed by atoms with Gasteiger partial charge in [-0.1, -0.05) is 24.0 Å². The molecule has 1 aliphatic rings. The molecule has 4 rings (SSSR count). The number of aliphatic hydroxyl groups is 1. The molecule has 1 aromatic carbocycles. The number of anilines is 1. The second-order valence-electron chi connectivity index (χ2n) is 7.02. The summed E-state index contributed by atoms with van der Waals surface area (Å²) in [6.07, 6.45) is 0.600. The summed E-state index contributed by atoms with van der Waals surface area (Å²) in [5, 5.41) is 21.8. The Morgan fingerprint density at radius 2 is 2.10 bits per heavy atom. The van der Waals surface area contributed by atoms with Crippen LogP contribution in [0.5, 0.6) is 0 Å². The van der Waals surface area contributed by atoms with Crippen LogP contribution in [0.4, 0.5) is 10.5 Å². The Labute approximate surface area is 172 Å². The molecule has 3 N–H and O–H groups in total. The first-order valence-electron chi connectivity index (χ1n) is 9.23. The van der Waals surface area contributed by atoms with Gasteiger partial charge in [-0.3, -0.25) is 15.1 Å². The van der Waals surface area contributed by atoms with Crippen molar-refractivity contribution in [3.63, 3.8) is 0 Å². The number of aromatic nitrogens is 2. The van der Waals surface area contributed by atoms with Crippen molar-refractivity contribution in [2.75, 3.05) is 18.9 Å². The van der Waals surface area contributed by atoms with Crippen molar-refractivity contribution in [3.05, 3.63) is 54.2 Å². The molecule has 1 saturated heterocycles. The first-order valence-corrected chi connectivity index (χ1v) is 9.23. The second-order valence-corrected chi connectivity index (χ2v) is 7.02. The van der Waals surface area contributed by atoms with E-state index in [9.17, 15) is 14.7 Å². The van der Waals surface area contributed by atoms with Gasteiger partial charge in [-0.2, -0.15) is 0 Å². The van der Waals surface area contributed by atoms with Crippen LogP contribution in [0.3, 0.4) is 0 Å². The average Bonchev–Trinajstić information content (AvgIpc) is 3.00. The molecule has 8 nitrogen and oxygen atoms in total. The van der Waals surface area contributed by atoms with Crippen LogP contribution in [0.25, 0.3) is 22.3 Å². The smallest absolute Gasteiger partial charge is 0.409 e. The van der Waals surface area contributed by atoms with Crippen LogP contribution >= 0.6 is 0 Å². The maximum atomic E-state index is 12.1. The molecular weight excluding hydrogens is 384 g/mol. The highest BCUT2D eigenvalue weighted by Crippen LogP contribution is 2.25. The maximum absolute atomic E-state index is 12.1. The Morgan fingerprint density at radius 1 is 1.27 bits per heavy atom. The second kappa shape index (κ2) is 7.46. The third-order valence-electron chi connectivity index (χ3n) is 4.91. The molecule has 0 spiro atoms. The Bertz CT molecular complexity index is 1230. The summed E-state index contributed by atoms with van der Waals surface area (Å²) in [6, 6.07) is 12.3. The minimum absolute atomic E-state index is 0.271. The number of fused-ring (bicyclic) bond motifs is 1. The summed E-state index contributed by atoms with van der Waals surface area (Å²) < 4.78 is 0. The standard InChI is InChI=1S/C22H18N4O4/c1-26-12-10-22(30,20(26)27)9-7-14-3-2-4-15(13-14)16-5-6-17-19(24-16)18(8-11-23-17)25-21(28)29/h2-6,8,11,13,30H,10,12H2,1H3,(H,23,25)(H,28,29). The molecule has 1 aliphatic heterocycles. The number of benzene rings is 1. The van der Waals surface area contributed by atoms with Crippen molar-refractivity contribution in [2.45, 2.75) is 12.0 Å². The number of nitrogens with zero attached hydrogens (tertiary/aromatic N) is 3. The van der Waals surface area contributed by atoms with Crippen molar-refractivity contribution in [1.29, 1.82) is 0 Å². The third-order valence-corrected chi connectivity index (χ3v) is 4.91. The van der Waals surface area contributed by atoms with Gasteiger partial charge in [0.05, 0.1) is 16.9 Å². The largest absolute Gasteiger partial charge is 0.465 e. The third kappa shape index (κ3) is 3.66. The Hall–Kier alpha value is -3.96. The monoisotopic (exact) mass is 402 g/mol. The quantitative estimate of drug-likeness (QED) is 0.567. The topological polar surface area (TPSA) is 116 Å². The minimum atomic E-state index is -1.66. The van der Waals surface area contributed by atoms with Crippen LogP contribution in [-0.4, -0.2) is 56.3 Å². The van der Waals surface area contributed by atoms with Gasteiger partial charge in [0, 0.05) is 37.3 Å². The van der Waals surface area contributed by atoms with Crippen molar-refractivity contribution in [1.82, 2.24) is 14.9 Å². The van der Waals surface area contributed by atoms with Gasteiger partial charge in [0.2, 0.25) is 5.60 Å². The van der Waals surface area contributed by atoms with Crippen LogP contribution in [0, 0.1) is 11.8 Å². The number of carboxylic acid groups (broad SMARTS) is 1. The molecule has 0 bridgehead atoms. The van der Waals surface area contributed by atoms with E-state index in [2.05, 4.69) is 27.1 Å². The van der Waals surface area contributed by atoms with Gasteiger partial charge in [-0.05, 0) is 30.3 Å². The predicted molar refractivity (Wildman–Crippen MR) is 111 cm³/mol. The first kappa shape index (κ1) is 19.4. The molecule has 0 aliphatic carbocycles. The fourth-order valence-electron chi connectivity index (χ4n) is 3.30. The van der Waals surface area contributed by atoms with E-state index in [1.54, 1.807) is 43.4 Å². The molecule has 8 heteroatoms. The van der Waals surface area contributed by atoms with Crippen LogP contribution < -0.4 is 5.32 Å². The van der Waals surface area contributed by atoms with Gasteiger partial charge in [0.15, 0.2) is 0 Å². The van der Waals surface area contributed by atoms with Gasteiger partial charge < -0.3 is 15.1 Å². The van der Waals surface area contributed by atoms with Crippen molar-refractivity contribution < 1.29 is 19.8 Å². The van der Waals surface area contributed by atoms with Crippen LogP contribution in [-0.2, 0) is 4.79 Å². The van der Waals surface area contributed by atoms with Gasteiger partial charge in [0.1, 0.15) is 5.52 Å². The van der Waals surface area contributed by atoms with E-state index in [1.807, 2.05) is 6.07 Å². The van der Waals surface area contributed by atoms with Gasteiger partial charge >= 0.3 is 6.09 Å².